The lowest BCUT2D eigenvalue weighted by molar-refractivity contribution is -0.149. The third kappa shape index (κ3) is 7.25. The third-order valence-corrected chi connectivity index (χ3v) is 8.08. The van der Waals surface area contributed by atoms with Gasteiger partial charge in [0.25, 0.3) is 5.56 Å². The van der Waals surface area contributed by atoms with Crippen LogP contribution < -0.4 is 20.9 Å². The fraction of sp³-hybridized carbons (Fsp3) is 0.500. The van der Waals surface area contributed by atoms with Crippen LogP contribution in [0.15, 0.2) is 45.2 Å². The van der Waals surface area contributed by atoms with Gasteiger partial charge in [0.1, 0.15) is 23.4 Å². The summed E-state index contributed by atoms with van der Waals surface area (Å²) in [6.45, 7) is 5.34. The molecule has 0 aliphatic carbocycles. The van der Waals surface area contributed by atoms with Gasteiger partial charge in [0, 0.05) is 23.2 Å². The van der Waals surface area contributed by atoms with Gasteiger partial charge in [-0.1, -0.05) is 28.3 Å². The topological polar surface area (TPSA) is 207 Å². The summed E-state index contributed by atoms with van der Waals surface area (Å²) in [4.78, 5) is 41.1. The molecule has 1 saturated heterocycles. The summed E-state index contributed by atoms with van der Waals surface area (Å²) in [5.74, 6) is -0.777. The van der Waals surface area contributed by atoms with E-state index in [1.165, 1.54) is 32.0 Å². The number of carbonyl (C=O) groups excluding carboxylic acids is 1. The number of aliphatic hydroxyl groups excluding tert-OH is 1. The number of nitrogens with one attached hydrogen (secondary N) is 2. The van der Waals surface area contributed by atoms with E-state index in [0.717, 1.165) is 16.8 Å². The van der Waals surface area contributed by atoms with Crippen molar-refractivity contribution < 1.29 is 33.0 Å². The molecule has 1 aliphatic heterocycles. The summed E-state index contributed by atoms with van der Waals surface area (Å²) in [6, 6.07) is 3.89. The first-order valence-electron chi connectivity index (χ1n) is 11.8. The Bertz CT molecular complexity index is 1460. The number of hydrogen-bond acceptors (Lipinski definition) is 10. The van der Waals surface area contributed by atoms with Crippen LogP contribution in [0, 0.1) is 0 Å². The number of benzene rings is 1. The molecular formula is C22H27Cl2N6O9P. The normalized spacial score (nSPS) is 24.6. The molecule has 0 spiro atoms. The molecule has 18 heteroatoms. The standard InChI is InChI=1S/C22H27Cl2N6O9P/c1-11(2)37-19(33)12(3)27-40(35,39-13-5-6-14(23)15(24)9-13)36-10-16-18(32)22(4,28-29-25)20(38-16)30-8-7-17(31)26-21(30)34/h5-9,11-12,16,18,20,32H,10H2,1-4H3,(H,27,35)(H,26,31,34)/t12-,16+,18+,20?,22+,40?/m0/s1. The molecule has 1 aromatic heterocycles. The van der Waals surface area contributed by atoms with E-state index in [2.05, 4.69) is 15.1 Å². The van der Waals surface area contributed by atoms with Crippen LogP contribution in [0.25, 0.3) is 10.4 Å². The smallest absolute Gasteiger partial charge is 0.459 e. The Morgan fingerprint density at radius 3 is 2.62 bits per heavy atom. The van der Waals surface area contributed by atoms with Gasteiger partial charge in [0.05, 0.1) is 28.9 Å². The molecule has 0 bridgehead atoms. The highest BCUT2D eigenvalue weighted by Gasteiger charge is 2.55. The van der Waals surface area contributed by atoms with Gasteiger partial charge in [-0.3, -0.25) is 23.7 Å². The molecule has 2 heterocycles. The zero-order valence-electron chi connectivity index (χ0n) is 21.7. The van der Waals surface area contributed by atoms with Crippen LogP contribution in [0.4, 0.5) is 0 Å². The molecule has 0 saturated carbocycles. The molecule has 1 aromatic carbocycles. The molecule has 218 valence electrons. The Hall–Kier alpha value is -2.87. The lowest BCUT2D eigenvalue weighted by Gasteiger charge is -2.28. The van der Waals surface area contributed by atoms with Gasteiger partial charge in [-0.25, -0.2) is 9.36 Å². The van der Waals surface area contributed by atoms with Crippen molar-refractivity contribution in [3.8, 4) is 5.75 Å². The van der Waals surface area contributed by atoms with Crippen LogP contribution in [-0.4, -0.2) is 57.1 Å². The minimum Gasteiger partial charge on any atom is -0.462 e. The predicted molar refractivity (Wildman–Crippen MR) is 143 cm³/mol. The minimum atomic E-state index is -4.44. The van der Waals surface area contributed by atoms with Gasteiger partial charge >= 0.3 is 19.4 Å². The average Bonchev–Trinajstić information content (AvgIpc) is 3.10. The number of ether oxygens (including phenoxy) is 2. The van der Waals surface area contributed by atoms with E-state index in [1.54, 1.807) is 13.8 Å². The van der Waals surface area contributed by atoms with Gasteiger partial charge in [-0.2, -0.15) is 5.09 Å². The Morgan fingerprint density at radius 2 is 2.02 bits per heavy atom. The van der Waals surface area contributed by atoms with Crippen LogP contribution in [0.5, 0.6) is 5.75 Å². The van der Waals surface area contributed by atoms with E-state index in [-0.39, 0.29) is 15.8 Å². The van der Waals surface area contributed by atoms with Gasteiger partial charge in [0.15, 0.2) is 6.23 Å². The first-order chi connectivity index (χ1) is 18.7. The summed E-state index contributed by atoms with van der Waals surface area (Å²) in [5, 5.41) is 17.4. The summed E-state index contributed by atoms with van der Waals surface area (Å²) in [6.07, 6.45) is -3.66. The average molecular weight is 621 g/mol. The molecule has 15 nitrogen and oxygen atoms in total. The summed E-state index contributed by atoms with van der Waals surface area (Å²) in [5.41, 5.74) is 5.80. The van der Waals surface area contributed by atoms with E-state index in [4.69, 9.17) is 47.3 Å². The largest absolute Gasteiger partial charge is 0.462 e. The molecular weight excluding hydrogens is 594 g/mol. The second kappa shape index (κ2) is 12.8. The predicted octanol–water partition coefficient (Wildman–Crippen LogP) is 3.30. The third-order valence-electron chi connectivity index (χ3n) is 5.70. The highest BCUT2D eigenvalue weighted by Crippen LogP contribution is 2.48. The molecule has 6 atom stereocenters. The maximum absolute atomic E-state index is 13.8. The van der Waals surface area contributed by atoms with Crippen molar-refractivity contribution >= 4 is 36.9 Å². The second-order valence-electron chi connectivity index (χ2n) is 9.20. The lowest BCUT2D eigenvalue weighted by atomic mass is 9.93. The zero-order chi connectivity index (χ0) is 29.8. The number of rotatable bonds is 11. The highest BCUT2D eigenvalue weighted by atomic mass is 35.5. The van der Waals surface area contributed by atoms with Crippen molar-refractivity contribution in [3.05, 3.63) is 71.8 Å². The number of nitrogens with zero attached hydrogens (tertiary/aromatic N) is 4. The first kappa shape index (κ1) is 31.7. The lowest BCUT2D eigenvalue weighted by Crippen LogP contribution is -2.45. The summed E-state index contributed by atoms with van der Waals surface area (Å²) >= 11 is 12.0. The Morgan fingerprint density at radius 1 is 1.32 bits per heavy atom. The highest BCUT2D eigenvalue weighted by molar-refractivity contribution is 7.52. The molecule has 2 aromatic rings. The number of aliphatic hydroxyl groups is 1. The number of H-pyrrole nitrogens is 1. The Balaban J connectivity index is 1.90. The van der Waals surface area contributed by atoms with Crippen LogP contribution in [0.1, 0.15) is 33.9 Å². The van der Waals surface area contributed by atoms with E-state index in [9.17, 15) is 24.1 Å². The van der Waals surface area contributed by atoms with E-state index in [0.29, 0.717) is 0 Å². The number of azide groups is 1. The Labute approximate surface area is 237 Å². The van der Waals surface area contributed by atoms with Crippen LogP contribution >= 0.6 is 30.9 Å². The van der Waals surface area contributed by atoms with Gasteiger partial charge in [0.2, 0.25) is 0 Å². The number of carbonyl (C=O) groups is 1. The van der Waals surface area contributed by atoms with Crippen molar-refractivity contribution in [2.24, 2.45) is 5.11 Å². The van der Waals surface area contributed by atoms with Crippen LogP contribution in [-0.2, 0) is 23.4 Å². The molecule has 0 radical (unpaired) electrons. The van der Waals surface area contributed by atoms with Gasteiger partial charge < -0.3 is 19.1 Å². The van der Waals surface area contributed by atoms with Crippen molar-refractivity contribution in [1.82, 2.24) is 14.6 Å². The maximum atomic E-state index is 13.8. The number of aromatic amines is 1. The molecule has 0 amide bonds. The first-order valence-corrected chi connectivity index (χ1v) is 14.1. The zero-order valence-corrected chi connectivity index (χ0v) is 24.1. The Kier molecular flexibility index (Phi) is 10.1. The van der Waals surface area contributed by atoms with Crippen LogP contribution in [0.2, 0.25) is 10.0 Å². The number of halogens is 2. The van der Waals surface area contributed by atoms with E-state index in [1.807, 2.05) is 4.98 Å². The molecule has 40 heavy (non-hydrogen) atoms. The fourth-order valence-corrected chi connectivity index (χ4v) is 5.53. The van der Waals surface area contributed by atoms with E-state index < -0.39 is 67.7 Å². The van der Waals surface area contributed by atoms with Crippen LogP contribution in [0.3, 0.4) is 0 Å². The quantitative estimate of drug-likeness (QED) is 0.110. The van der Waals surface area contributed by atoms with Crippen molar-refractivity contribution in [1.29, 1.82) is 0 Å². The molecule has 1 aliphatic rings. The SMILES string of the molecule is CC(C)OC(=O)[C@H](C)NP(=O)(OC[C@H]1OC(n2ccc(=O)[nH]c2=O)[C@](C)(N=[N+]=[N-])[C@@H]1O)Oc1ccc(Cl)c(Cl)c1. The molecule has 1 fully saturated rings. The molecule has 3 rings (SSSR count). The maximum Gasteiger partial charge on any atom is 0.459 e. The summed E-state index contributed by atoms with van der Waals surface area (Å²) in [7, 11) is -4.44. The van der Waals surface area contributed by atoms with Crippen molar-refractivity contribution in [3.63, 3.8) is 0 Å². The number of aromatic nitrogens is 2. The fourth-order valence-electron chi connectivity index (χ4n) is 3.75. The number of hydrogen-bond donors (Lipinski definition) is 3. The molecule has 2 unspecified atom stereocenters. The van der Waals surface area contributed by atoms with Crippen molar-refractivity contribution in [2.45, 2.75) is 63.8 Å². The van der Waals surface area contributed by atoms with Gasteiger partial charge in [-0.15, -0.1) is 0 Å². The number of esters is 1. The van der Waals surface area contributed by atoms with E-state index >= 15 is 0 Å². The van der Waals surface area contributed by atoms with Crippen molar-refractivity contribution in [2.75, 3.05) is 6.61 Å². The summed E-state index contributed by atoms with van der Waals surface area (Å²) < 4.78 is 36.8. The molecule has 3 N–H and O–H groups in total. The second-order valence-corrected chi connectivity index (χ2v) is 11.7. The van der Waals surface area contributed by atoms with Gasteiger partial charge in [-0.05, 0) is 45.4 Å². The monoisotopic (exact) mass is 620 g/mol. The minimum absolute atomic E-state index is 0.0286.